The first-order valence-corrected chi connectivity index (χ1v) is 29.9. The number of nitrogens with zero attached hydrogens (tertiary/aromatic N) is 8. The summed E-state index contributed by atoms with van der Waals surface area (Å²) < 4.78 is 63.1. The normalized spacial score (nSPS) is 13.8. The van der Waals surface area contributed by atoms with Crippen LogP contribution in [0, 0.1) is 5.82 Å². The summed E-state index contributed by atoms with van der Waals surface area (Å²) >= 11 is 0. The number of H-pyrrole nitrogens is 1. The summed E-state index contributed by atoms with van der Waals surface area (Å²) in [5.41, 5.74) is 4.61. The number of unbranched alkanes of at least 4 members (excludes halogenated alkanes) is 7. The molecule has 0 radical (unpaired) electrons. The number of aromatic amines is 1. The van der Waals surface area contributed by atoms with Crippen molar-refractivity contribution >= 4 is 61.6 Å². The molecule has 0 unspecified atom stereocenters. The SMILES string of the molecule is CCCCOc1cccc(Oc2cc3c(cc2NS(=O)(=O)c2cccc(C(=O)NCCCCCCCCCNC(=O)CN4CCN(C(=O)c5ccc(Nc6nc(C7CC7)cn7c(-c8cn[nH]c8)cnc67)c(F)c5)CC4)c2)n(C)c(=O)n3C)c1. The fourth-order valence-electron chi connectivity index (χ4n) is 10.2. The van der Waals surface area contributed by atoms with E-state index in [1.165, 1.54) is 33.4 Å². The number of nitrogens with one attached hydrogen (secondary N) is 5. The van der Waals surface area contributed by atoms with E-state index in [2.05, 4.69) is 42.8 Å². The van der Waals surface area contributed by atoms with E-state index in [1.54, 1.807) is 86.1 Å². The van der Waals surface area contributed by atoms with E-state index < -0.39 is 15.8 Å². The summed E-state index contributed by atoms with van der Waals surface area (Å²) in [5, 5.41) is 16.0. The van der Waals surface area contributed by atoms with E-state index in [0.717, 1.165) is 87.6 Å². The average Bonchev–Trinajstić information content (AvgIpc) is 3.71. The number of benzene rings is 4. The van der Waals surface area contributed by atoms with Gasteiger partial charge in [-0.25, -0.2) is 27.6 Å². The number of anilines is 3. The van der Waals surface area contributed by atoms with Crippen LogP contribution in [0.2, 0.25) is 0 Å². The molecule has 1 saturated carbocycles. The number of amides is 3. The number of imidazole rings is 2. The van der Waals surface area contributed by atoms with Gasteiger partial charge in [0.1, 0.15) is 17.3 Å². The van der Waals surface area contributed by atoms with Crippen LogP contribution in [0.3, 0.4) is 0 Å². The molecule has 4 aromatic heterocycles. The Morgan fingerprint density at radius 3 is 2.23 bits per heavy atom. The highest BCUT2D eigenvalue weighted by molar-refractivity contribution is 7.92. The molecule has 1 aliphatic heterocycles. The summed E-state index contributed by atoms with van der Waals surface area (Å²) in [4.78, 5) is 65.4. The van der Waals surface area contributed by atoms with Crippen LogP contribution in [0.5, 0.6) is 17.2 Å². The Kier molecular flexibility index (Phi) is 18.1. The molecule has 8 aromatic rings. The van der Waals surface area contributed by atoms with E-state index in [0.29, 0.717) is 85.8 Å². The molecule has 0 bridgehead atoms. The third kappa shape index (κ3) is 14.0. The zero-order valence-electron chi connectivity index (χ0n) is 47.0. The largest absolute Gasteiger partial charge is 0.493 e. The number of carbonyl (C=O) groups is 3. The number of ether oxygens (including phenoxy) is 2. The van der Waals surface area contributed by atoms with Crippen molar-refractivity contribution in [2.24, 2.45) is 14.1 Å². The van der Waals surface area contributed by atoms with Gasteiger partial charge in [0.25, 0.3) is 21.8 Å². The van der Waals surface area contributed by atoms with E-state index in [9.17, 15) is 27.6 Å². The standard InChI is InChI=1S/C60H70FN13O8S/c1-4-5-29-81-44-16-14-17-45(32-44)82-54-34-52-51(70(2)60(78)71(52)3)33-49(54)69-83(79,80)46-18-13-15-41(30-46)58(76)63-24-12-10-8-6-7-9-11-23-62-55(75)39-72-25-27-73(28-26-72)59(77)42-21-22-48(47(61)31-42)67-56-57-64-37-53(43-35-65-66-36-43)74(57)38-50(68-56)40-19-20-40/h13-18,21-22,30-38,40,69H,4-12,19-20,23-29,39H2,1-3H3,(H,62,75)(H,63,76)(H,65,66)(H,67,68). The minimum absolute atomic E-state index is 0.0634. The number of fused-ring (bicyclic) bond motifs is 2. The molecule has 0 atom stereocenters. The zero-order chi connectivity index (χ0) is 58.0. The van der Waals surface area contributed by atoms with Crippen LogP contribution in [0.25, 0.3) is 27.9 Å². The van der Waals surface area contributed by atoms with Gasteiger partial charge in [0, 0.05) is 100 Å². The Labute approximate surface area is 480 Å². The van der Waals surface area contributed by atoms with Crippen molar-refractivity contribution in [3.8, 4) is 28.5 Å². The Morgan fingerprint density at radius 1 is 0.783 bits per heavy atom. The van der Waals surface area contributed by atoms with Crippen LogP contribution in [0.15, 0.2) is 113 Å². The Hall–Kier alpha value is -8.57. The quantitative estimate of drug-likeness (QED) is 0.0303. The topological polar surface area (TPSA) is 244 Å². The second-order valence-electron chi connectivity index (χ2n) is 21.2. The van der Waals surface area contributed by atoms with Gasteiger partial charge >= 0.3 is 5.69 Å². The number of aromatic nitrogens is 7. The molecule has 23 heteroatoms. The monoisotopic (exact) mass is 1150 g/mol. The van der Waals surface area contributed by atoms with Crippen molar-refractivity contribution in [1.29, 1.82) is 0 Å². The van der Waals surface area contributed by atoms with Gasteiger partial charge in [0.2, 0.25) is 5.91 Å². The maximum Gasteiger partial charge on any atom is 0.328 e. The molecule has 2 fully saturated rings. The van der Waals surface area contributed by atoms with Gasteiger partial charge in [0.15, 0.2) is 17.2 Å². The average molecular weight is 1150 g/mol. The lowest BCUT2D eigenvalue weighted by atomic mass is 10.1. The van der Waals surface area contributed by atoms with Crippen molar-refractivity contribution in [2.45, 2.75) is 88.4 Å². The molecule has 10 rings (SSSR count). The number of rotatable bonds is 27. The number of sulfonamides is 1. The molecule has 4 aromatic carbocycles. The molecule has 436 valence electrons. The third-order valence-electron chi connectivity index (χ3n) is 15.1. The summed E-state index contributed by atoms with van der Waals surface area (Å²) in [5.74, 6) is 0.641. The molecule has 5 heterocycles. The molecule has 3 amide bonds. The molecule has 83 heavy (non-hydrogen) atoms. The Balaban J connectivity index is 0.605. The third-order valence-corrected chi connectivity index (χ3v) is 16.4. The molecule has 1 saturated heterocycles. The summed E-state index contributed by atoms with van der Waals surface area (Å²) in [6, 6.07) is 20.5. The highest BCUT2D eigenvalue weighted by Gasteiger charge is 2.29. The highest BCUT2D eigenvalue weighted by Crippen LogP contribution is 2.41. The summed E-state index contributed by atoms with van der Waals surface area (Å²) in [6.45, 7) is 5.73. The van der Waals surface area contributed by atoms with Crippen LogP contribution in [-0.4, -0.2) is 122 Å². The maximum absolute atomic E-state index is 15.7. The fraction of sp³-hybridized carbons (Fsp3) is 0.383. The zero-order valence-corrected chi connectivity index (χ0v) is 47.8. The second kappa shape index (κ2) is 26.1. The molecule has 1 aliphatic carbocycles. The predicted octanol–water partition coefficient (Wildman–Crippen LogP) is 8.88. The van der Waals surface area contributed by atoms with Gasteiger partial charge in [-0.05, 0) is 86.7 Å². The van der Waals surface area contributed by atoms with E-state index >= 15 is 4.39 Å². The van der Waals surface area contributed by atoms with Gasteiger partial charge in [0.05, 0.1) is 64.2 Å². The van der Waals surface area contributed by atoms with Gasteiger partial charge in [-0.3, -0.25) is 42.6 Å². The number of piperazine rings is 1. The van der Waals surface area contributed by atoms with E-state index in [4.69, 9.17) is 14.5 Å². The van der Waals surface area contributed by atoms with Crippen LogP contribution in [0.1, 0.15) is 110 Å². The molecular weight excluding hydrogens is 1080 g/mol. The first kappa shape index (κ1) is 57.7. The van der Waals surface area contributed by atoms with E-state index in [1.807, 2.05) is 21.6 Å². The van der Waals surface area contributed by atoms with Crippen LogP contribution in [-0.2, 0) is 28.9 Å². The first-order chi connectivity index (χ1) is 40.2. The maximum atomic E-state index is 15.7. The summed E-state index contributed by atoms with van der Waals surface area (Å²) in [7, 11) is -1.01. The van der Waals surface area contributed by atoms with Crippen molar-refractivity contribution < 1.29 is 36.7 Å². The molecule has 5 N–H and O–H groups in total. The van der Waals surface area contributed by atoms with Crippen LogP contribution < -0.4 is 35.8 Å². The molecular formula is C60H70FN13O8S. The summed E-state index contributed by atoms with van der Waals surface area (Å²) in [6.07, 6.45) is 17.7. The van der Waals surface area contributed by atoms with E-state index in [-0.39, 0.29) is 63.1 Å². The number of hydrogen-bond donors (Lipinski definition) is 5. The predicted molar refractivity (Wildman–Crippen MR) is 315 cm³/mol. The lowest BCUT2D eigenvalue weighted by Crippen LogP contribution is -2.51. The molecule has 2 aliphatic rings. The van der Waals surface area contributed by atoms with Gasteiger partial charge in [-0.2, -0.15) is 5.10 Å². The fourth-order valence-corrected chi connectivity index (χ4v) is 11.3. The highest BCUT2D eigenvalue weighted by atomic mass is 32.2. The second-order valence-corrected chi connectivity index (χ2v) is 22.9. The number of carbonyl (C=O) groups excluding carboxylic acids is 3. The Bertz CT molecular complexity index is 3790. The number of hydrogen-bond acceptors (Lipinski definition) is 13. The molecule has 21 nitrogen and oxygen atoms in total. The minimum atomic E-state index is -4.25. The lowest BCUT2D eigenvalue weighted by Gasteiger charge is -2.34. The van der Waals surface area contributed by atoms with Crippen molar-refractivity contribution in [3.63, 3.8) is 0 Å². The first-order valence-electron chi connectivity index (χ1n) is 28.5. The van der Waals surface area contributed by atoms with Crippen molar-refractivity contribution in [3.05, 3.63) is 137 Å². The van der Waals surface area contributed by atoms with Crippen LogP contribution in [0.4, 0.5) is 21.6 Å². The Morgan fingerprint density at radius 2 is 1.51 bits per heavy atom. The lowest BCUT2D eigenvalue weighted by molar-refractivity contribution is -0.122. The van der Waals surface area contributed by atoms with Crippen LogP contribution >= 0.6 is 0 Å². The number of halogens is 1. The van der Waals surface area contributed by atoms with Gasteiger partial charge < -0.3 is 30.3 Å². The van der Waals surface area contributed by atoms with Gasteiger partial charge in [-0.1, -0.05) is 57.6 Å². The van der Waals surface area contributed by atoms with Crippen molar-refractivity contribution in [2.75, 3.05) is 62.5 Å². The minimum Gasteiger partial charge on any atom is -0.493 e. The smallest absolute Gasteiger partial charge is 0.328 e. The van der Waals surface area contributed by atoms with Crippen molar-refractivity contribution in [1.82, 2.24) is 54.1 Å². The molecule has 0 spiro atoms. The number of aryl methyl sites for hydroxylation is 2. The van der Waals surface area contributed by atoms with Gasteiger partial charge in [-0.15, -0.1) is 0 Å².